The van der Waals surface area contributed by atoms with E-state index in [9.17, 15) is 4.79 Å². The molecule has 3 N–H and O–H groups in total. The molecule has 1 aliphatic rings. The summed E-state index contributed by atoms with van der Waals surface area (Å²) in [7, 11) is 0. The second-order valence-corrected chi connectivity index (χ2v) is 6.72. The molecular weight excluding hydrogens is 332 g/mol. The molecule has 1 aliphatic heterocycles. The van der Waals surface area contributed by atoms with Gasteiger partial charge in [0.2, 0.25) is 5.91 Å². The van der Waals surface area contributed by atoms with Crippen molar-refractivity contribution in [3.8, 4) is 0 Å². The molecule has 1 unspecified atom stereocenters. The number of carboxylic acid groups (broad SMARTS) is 1. The normalized spacial score (nSPS) is 15.3. The van der Waals surface area contributed by atoms with Crippen LogP contribution in [0.2, 0.25) is 0 Å². The average Bonchev–Trinajstić information content (AvgIpc) is 3.27. The average molecular weight is 360 g/mol. The van der Waals surface area contributed by atoms with E-state index in [2.05, 4.69) is 40.1 Å². The van der Waals surface area contributed by atoms with Crippen LogP contribution in [0.15, 0.2) is 18.2 Å². The van der Waals surface area contributed by atoms with E-state index >= 15 is 0 Å². The van der Waals surface area contributed by atoms with Gasteiger partial charge in [-0.2, -0.15) is 0 Å². The number of H-pyrrole nitrogens is 1. The molecule has 0 bridgehead atoms. The van der Waals surface area contributed by atoms with E-state index in [0.29, 0.717) is 19.0 Å². The number of imidazole rings is 1. The molecule has 1 amide bonds. The number of aromatic amines is 1. The molecule has 142 valence electrons. The maximum atomic E-state index is 12.0. The summed E-state index contributed by atoms with van der Waals surface area (Å²) in [5.74, 6) is 0.916. The van der Waals surface area contributed by atoms with Crippen LogP contribution in [0, 0.1) is 6.92 Å². The Morgan fingerprint density at radius 3 is 2.81 bits per heavy atom. The lowest BCUT2D eigenvalue weighted by Gasteiger charge is -2.23. The van der Waals surface area contributed by atoms with Gasteiger partial charge in [0.15, 0.2) is 0 Å². The fourth-order valence-corrected chi connectivity index (χ4v) is 3.24. The Labute approximate surface area is 153 Å². The van der Waals surface area contributed by atoms with E-state index in [-0.39, 0.29) is 12.4 Å². The highest BCUT2D eigenvalue weighted by molar-refractivity contribution is 5.77. The molecule has 1 atom stereocenters. The Kier molecular flexibility index (Phi) is 7.59. The number of carbonyl (C=O) groups is 2. The molecule has 3 rings (SSSR count). The van der Waals surface area contributed by atoms with Gasteiger partial charge in [0.1, 0.15) is 5.82 Å². The minimum Gasteiger partial charge on any atom is -0.483 e. The smallest absolute Gasteiger partial charge is 0.290 e. The van der Waals surface area contributed by atoms with Crippen molar-refractivity contribution in [2.45, 2.75) is 52.1 Å². The number of nitrogens with one attached hydrogen (secondary N) is 2. The quantitative estimate of drug-likeness (QED) is 0.687. The number of aromatic nitrogens is 2. The lowest BCUT2D eigenvalue weighted by Crippen LogP contribution is -2.32. The molecule has 1 aromatic carbocycles. The van der Waals surface area contributed by atoms with E-state index in [0.717, 1.165) is 23.3 Å². The van der Waals surface area contributed by atoms with E-state index in [1.54, 1.807) is 0 Å². The van der Waals surface area contributed by atoms with E-state index < -0.39 is 0 Å². The number of benzene rings is 1. The summed E-state index contributed by atoms with van der Waals surface area (Å²) in [5, 5.41) is 9.86. The molecule has 0 spiro atoms. The van der Waals surface area contributed by atoms with Crippen LogP contribution < -0.4 is 5.32 Å². The Bertz CT molecular complexity index is 723. The van der Waals surface area contributed by atoms with Gasteiger partial charge < -0.3 is 20.3 Å². The van der Waals surface area contributed by atoms with Crippen LogP contribution in [0.5, 0.6) is 0 Å². The molecule has 1 fully saturated rings. The topological polar surface area (TPSA) is 98.3 Å². The molecule has 7 nitrogen and oxygen atoms in total. The second kappa shape index (κ2) is 9.91. The van der Waals surface area contributed by atoms with Gasteiger partial charge in [-0.3, -0.25) is 9.59 Å². The standard InChI is InChI=1S/C18H26N4O.CH2O2/c1-13-5-7-15-16(11-13)21-17(20-15)12-19-18(23)8-6-14(2)22-9-3-4-10-22;2-1-3/h5,7,11,14H,3-4,6,8-10,12H2,1-2H3,(H,19,23)(H,20,21);1H,(H,2,3). The summed E-state index contributed by atoms with van der Waals surface area (Å²) in [5.41, 5.74) is 3.17. The lowest BCUT2D eigenvalue weighted by atomic mass is 10.1. The minimum atomic E-state index is -0.250. The van der Waals surface area contributed by atoms with Crippen LogP contribution in [0.1, 0.15) is 44.0 Å². The number of amides is 1. The number of nitrogens with zero attached hydrogens (tertiary/aromatic N) is 2. The second-order valence-electron chi connectivity index (χ2n) is 6.72. The summed E-state index contributed by atoms with van der Waals surface area (Å²) in [6.07, 6.45) is 4.09. The minimum absolute atomic E-state index is 0.104. The highest BCUT2D eigenvalue weighted by Crippen LogP contribution is 2.15. The summed E-state index contributed by atoms with van der Waals surface area (Å²) >= 11 is 0. The summed E-state index contributed by atoms with van der Waals surface area (Å²) in [4.78, 5) is 30.6. The molecule has 2 aromatic rings. The number of hydrogen-bond acceptors (Lipinski definition) is 4. The molecule has 0 aliphatic carbocycles. The number of aryl methyl sites for hydroxylation is 1. The summed E-state index contributed by atoms with van der Waals surface area (Å²) in [6, 6.07) is 6.62. The van der Waals surface area contributed by atoms with Crippen molar-refractivity contribution in [1.29, 1.82) is 0 Å². The Hall–Kier alpha value is -2.41. The first-order valence-electron chi connectivity index (χ1n) is 9.07. The third-order valence-corrected chi connectivity index (χ3v) is 4.69. The van der Waals surface area contributed by atoms with Crippen LogP contribution in [0.25, 0.3) is 11.0 Å². The first-order chi connectivity index (χ1) is 12.5. The van der Waals surface area contributed by atoms with Crippen LogP contribution >= 0.6 is 0 Å². The predicted molar refractivity (Wildman–Crippen MR) is 101 cm³/mol. The summed E-state index contributed by atoms with van der Waals surface area (Å²) < 4.78 is 0. The predicted octanol–water partition coefficient (Wildman–Crippen LogP) is 2.45. The Balaban J connectivity index is 0.000000758. The lowest BCUT2D eigenvalue weighted by molar-refractivity contribution is -0.123. The van der Waals surface area contributed by atoms with Gasteiger partial charge in [-0.15, -0.1) is 0 Å². The molecule has 26 heavy (non-hydrogen) atoms. The molecule has 0 radical (unpaired) electrons. The van der Waals surface area contributed by atoms with Gasteiger partial charge in [0.25, 0.3) is 6.47 Å². The van der Waals surface area contributed by atoms with Crippen molar-refractivity contribution in [3.63, 3.8) is 0 Å². The maximum absolute atomic E-state index is 12.0. The van der Waals surface area contributed by atoms with Crippen LogP contribution in [-0.2, 0) is 16.1 Å². The number of rotatable bonds is 6. The van der Waals surface area contributed by atoms with Crippen molar-refractivity contribution in [3.05, 3.63) is 29.6 Å². The van der Waals surface area contributed by atoms with Gasteiger partial charge in [0, 0.05) is 12.5 Å². The van der Waals surface area contributed by atoms with Crippen molar-refractivity contribution < 1.29 is 14.7 Å². The molecule has 7 heteroatoms. The van der Waals surface area contributed by atoms with Gasteiger partial charge in [-0.25, -0.2) is 4.98 Å². The zero-order chi connectivity index (χ0) is 18.9. The highest BCUT2D eigenvalue weighted by atomic mass is 16.3. The molecular formula is C19H28N4O3. The monoisotopic (exact) mass is 360 g/mol. The maximum Gasteiger partial charge on any atom is 0.290 e. The van der Waals surface area contributed by atoms with Gasteiger partial charge in [0.05, 0.1) is 17.6 Å². The number of likely N-dealkylation sites (tertiary alicyclic amines) is 1. The number of fused-ring (bicyclic) bond motifs is 1. The van der Waals surface area contributed by atoms with Crippen LogP contribution in [-0.4, -0.2) is 51.5 Å². The summed E-state index contributed by atoms with van der Waals surface area (Å²) in [6.45, 7) is 6.86. The molecule has 0 saturated carbocycles. The first-order valence-corrected chi connectivity index (χ1v) is 9.07. The van der Waals surface area contributed by atoms with Crippen molar-refractivity contribution in [2.75, 3.05) is 13.1 Å². The fourth-order valence-electron chi connectivity index (χ4n) is 3.24. The zero-order valence-corrected chi connectivity index (χ0v) is 15.5. The van der Waals surface area contributed by atoms with Gasteiger partial charge in [-0.1, -0.05) is 6.07 Å². The van der Waals surface area contributed by atoms with E-state index in [1.807, 2.05) is 12.1 Å². The van der Waals surface area contributed by atoms with Crippen LogP contribution in [0.3, 0.4) is 0 Å². The number of hydrogen-bond donors (Lipinski definition) is 3. The highest BCUT2D eigenvalue weighted by Gasteiger charge is 2.18. The fraction of sp³-hybridized carbons (Fsp3) is 0.526. The van der Waals surface area contributed by atoms with Crippen molar-refractivity contribution in [2.24, 2.45) is 0 Å². The van der Waals surface area contributed by atoms with Gasteiger partial charge in [-0.05, 0) is 63.9 Å². The molecule has 1 aromatic heterocycles. The third-order valence-electron chi connectivity index (χ3n) is 4.69. The molecule has 2 heterocycles. The van der Waals surface area contributed by atoms with Crippen LogP contribution in [0.4, 0.5) is 0 Å². The van der Waals surface area contributed by atoms with Gasteiger partial charge >= 0.3 is 0 Å². The first kappa shape index (κ1) is 19.9. The Morgan fingerprint density at radius 1 is 1.42 bits per heavy atom. The molecule has 1 saturated heterocycles. The third kappa shape index (κ3) is 5.84. The van der Waals surface area contributed by atoms with Crippen molar-refractivity contribution in [1.82, 2.24) is 20.2 Å². The number of carbonyl (C=O) groups excluding carboxylic acids is 1. The Morgan fingerprint density at radius 2 is 2.12 bits per heavy atom. The zero-order valence-electron chi connectivity index (χ0n) is 15.5. The largest absolute Gasteiger partial charge is 0.483 e. The SMILES string of the molecule is Cc1ccc2nc(CNC(=O)CCC(C)N3CCCC3)[nH]c2c1.O=CO. The van der Waals surface area contributed by atoms with E-state index in [1.165, 1.54) is 31.5 Å². The van der Waals surface area contributed by atoms with E-state index in [4.69, 9.17) is 9.90 Å². The van der Waals surface area contributed by atoms with Crippen molar-refractivity contribution >= 4 is 23.4 Å².